The molecule has 33 heavy (non-hydrogen) atoms. The van der Waals surface area contributed by atoms with Crippen molar-refractivity contribution in [3.05, 3.63) is 107 Å². The molecule has 2 heterocycles. The Balaban J connectivity index is 1.43. The molecule has 0 atom stereocenters. The summed E-state index contributed by atoms with van der Waals surface area (Å²) in [5, 5.41) is 2.57. The largest absolute Gasteiger partial charge is 0.457 e. The van der Waals surface area contributed by atoms with E-state index in [9.17, 15) is 18.0 Å². The molecule has 2 aromatic carbocycles. The third kappa shape index (κ3) is 5.35. The van der Waals surface area contributed by atoms with Crippen LogP contribution in [0.3, 0.4) is 0 Å². The summed E-state index contributed by atoms with van der Waals surface area (Å²) in [6, 6.07) is 20.5. The monoisotopic (exact) mass is 471 g/mol. The van der Waals surface area contributed by atoms with E-state index in [1.165, 1.54) is 16.8 Å². The van der Waals surface area contributed by atoms with E-state index < -0.39 is 17.6 Å². The fourth-order valence-corrected chi connectivity index (χ4v) is 3.34. The Morgan fingerprint density at radius 2 is 1.70 bits per heavy atom. The minimum Gasteiger partial charge on any atom is -0.457 e. The maximum atomic E-state index is 12.9. The maximum Gasteiger partial charge on any atom is 0.417 e. The maximum absolute atomic E-state index is 12.9. The van der Waals surface area contributed by atoms with Crippen molar-refractivity contribution in [3.63, 3.8) is 0 Å². The molecule has 0 fully saturated rings. The lowest BCUT2D eigenvalue weighted by Crippen LogP contribution is -2.25. The smallest absolute Gasteiger partial charge is 0.417 e. The minimum absolute atomic E-state index is 0.0298. The van der Waals surface area contributed by atoms with E-state index >= 15 is 0 Å². The number of ether oxygens (including phenoxy) is 1. The molecule has 0 spiro atoms. The third-order valence-corrected chi connectivity index (χ3v) is 4.99. The van der Waals surface area contributed by atoms with Crippen LogP contribution in [0.4, 0.5) is 13.2 Å². The predicted molar refractivity (Wildman–Crippen MR) is 118 cm³/mol. The number of nitrogens with one attached hydrogen (secondary N) is 1. The van der Waals surface area contributed by atoms with Crippen LogP contribution >= 0.6 is 11.6 Å². The summed E-state index contributed by atoms with van der Waals surface area (Å²) < 4.78 is 45.7. The second-order valence-electron chi connectivity index (χ2n) is 7.03. The Labute approximate surface area is 192 Å². The molecule has 5 nitrogen and oxygen atoms in total. The summed E-state index contributed by atoms with van der Waals surface area (Å²) in [4.78, 5) is 16.5. The number of carbonyl (C=O) groups is 1. The zero-order chi connectivity index (χ0) is 23.4. The molecule has 0 bridgehead atoms. The van der Waals surface area contributed by atoms with Gasteiger partial charge in [-0.15, -0.1) is 0 Å². The van der Waals surface area contributed by atoms with Gasteiger partial charge in [0.15, 0.2) is 5.82 Å². The summed E-state index contributed by atoms with van der Waals surface area (Å²) in [5.74, 6) is 0.979. The molecule has 0 saturated heterocycles. The standard InChI is InChI=1S/C24H17ClF3N3O2/c25-20-13-17(24(26,27)28)15-29-22(20)31-12-4-7-21(31)23(32)30-14-16-8-10-19(11-9-16)33-18-5-2-1-3-6-18/h1-13,15H,14H2,(H,30,32). The molecule has 4 rings (SSSR count). The average molecular weight is 472 g/mol. The number of amides is 1. The zero-order valence-electron chi connectivity index (χ0n) is 17.0. The van der Waals surface area contributed by atoms with Crippen molar-refractivity contribution in [2.45, 2.75) is 12.7 Å². The van der Waals surface area contributed by atoms with Crippen molar-refractivity contribution in [3.8, 4) is 17.3 Å². The minimum atomic E-state index is -4.56. The van der Waals surface area contributed by atoms with Gasteiger partial charge in [-0.1, -0.05) is 41.9 Å². The number of pyridine rings is 1. The van der Waals surface area contributed by atoms with E-state index in [-0.39, 0.29) is 23.1 Å². The lowest BCUT2D eigenvalue weighted by atomic mass is 10.2. The highest BCUT2D eigenvalue weighted by molar-refractivity contribution is 6.32. The molecule has 1 amide bonds. The number of aromatic nitrogens is 2. The van der Waals surface area contributed by atoms with Crippen molar-refractivity contribution in [1.29, 1.82) is 0 Å². The fraction of sp³-hybridized carbons (Fsp3) is 0.0833. The predicted octanol–water partition coefficient (Wildman–Crippen LogP) is 6.27. The summed E-state index contributed by atoms with van der Waals surface area (Å²) in [5.41, 5.74) is 0.0647. The van der Waals surface area contributed by atoms with Crippen LogP contribution in [-0.4, -0.2) is 15.5 Å². The van der Waals surface area contributed by atoms with Crippen molar-refractivity contribution >= 4 is 17.5 Å². The van der Waals surface area contributed by atoms with Gasteiger partial charge in [0.1, 0.15) is 17.2 Å². The van der Waals surface area contributed by atoms with E-state index in [4.69, 9.17) is 16.3 Å². The molecule has 4 aromatic rings. The van der Waals surface area contributed by atoms with Gasteiger partial charge in [0.05, 0.1) is 10.6 Å². The lowest BCUT2D eigenvalue weighted by molar-refractivity contribution is -0.137. The number of alkyl halides is 3. The molecule has 2 aromatic heterocycles. The lowest BCUT2D eigenvalue weighted by Gasteiger charge is -2.13. The van der Waals surface area contributed by atoms with E-state index in [1.54, 1.807) is 18.2 Å². The number of nitrogens with zero attached hydrogens (tertiary/aromatic N) is 2. The van der Waals surface area contributed by atoms with Gasteiger partial charge in [0, 0.05) is 18.9 Å². The second kappa shape index (κ2) is 9.38. The number of hydrogen-bond acceptors (Lipinski definition) is 3. The van der Waals surface area contributed by atoms with Gasteiger partial charge < -0.3 is 10.1 Å². The van der Waals surface area contributed by atoms with E-state index in [1.807, 2.05) is 42.5 Å². The molecule has 0 radical (unpaired) electrons. The average Bonchev–Trinajstić information content (AvgIpc) is 3.28. The zero-order valence-corrected chi connectivity index (χ0v) is 17.8. The Bertz CT molecular complexity index is 1260. The van der Waals surface area contributed by atoms with Crippen LogP contribution in [0.5, 0.6) is 11.5 Å². The molecule has 168 valence electrons. The molecule has 0 aliphatic heterocycles. The summed E-state index contributed by atoms with van der Waals surface area (Å²) in [7, 11) is 0. The fourth-order valence-electron chi connectivity index (χ4n) is 3.09. The van der Waals surface area contributed by atoms with Crippen LogP contribution < -0.4 is 10.1 Å². The first-order valence-electron chi connectivity index (χ1n) is 9.82. The molecule has 0 aliphatic rings. The van der Waals surface area contributed by atoms with E-state index in [0.29, 0.717) is 11.9 Å². The van der Waals surface area contributed by atoms with Gasteiger partial charge in [0.2, 0.25) is 0 Å². The van der Waals surface area contributed by atoms with Gasteiger partial charge in [-0.25, -0.2) is 4.98 Å². The topological polar surface area (TPSA) is 56.1 Å². The summed E-state index contributed by atoms with van der Waals surface area (Å²) in [6.45, 7) is 0.240. The summed E-state index contributed by atoms with van der Waals surface area (Å²) >= 11 is 6.02. The number of hydrogen-bond donors (Lipinski definition) is 1. The first-order chi connectivity index (χ1) is 15.8. The highest BCUT2D eigenvalue weighted by Gasteiger charge is 2.32. The molecule has 9 heteroatoms. The quantitative estimate of drug-likeness (QED) is 0.361. The Morgan fingerprint density at radius 3 is 2.36 bits per heavy atom. The van der Waals surface area contributed by atoms with E-state index in [0.717, 1.165) is 17.4 Å². The number of benzene rings is 2. The van der Waals surface area contributed by atoms with Crippen molar-refractivity contribution in [2.75, 3.05) is 0 Å². The number of para-hydroxylation sites is 1. The normalized spacial score (nSPS) is 11.3. The Morgan fingerprint density at radius 1 is 1.00 bits per heavy atom. The molecular formula is C24H17ClF3N3O2. The highest BCUT2D eigenvalue weighted by atomic mass is 35.5. The van der Waals surface area contributed by atoms with Crippen LogP contribution in [0, 0.1) is 0 Å². The number of halogens is 4. The molecule has 0 saturated carbocycles. The molecular weight excluding hydrogens is 455 g/mol. The van der Waals surface area contributed by atoms with Crippen molar-refractivity contribution < 1.29 is 22.7 Å². The van der Waals surface area contributed by atoms with Crippen LogP contribution in [-0.2, 0) is 12.7 Å². The van der Waals surface area contributed by atoms with Gasteiger partial charge in [0.25, 0.3) is 5.91 Å². The van der Waals surface area contributed by atoms with E-state index in [2.05, 4.69) is 10.3 Å². The number of carbonyl (C=O) groups excluding carboxylic acids is 1. The third-order valence-electron chi connectivity index (χ3n) is 4.71. The first kappa shape index (κ1) is 22.4. The Hall–Kier alpha value is -3.78. The van der Waals surface area contributed by atoms with Gasteiger partial charge in [-0.2, -0.15) is 13.2 Å². The first-order valence-corrected chi connectivity index (χ1v) is 10.2. The van der Waals surface area contributed by atoms with Crippen molar-refractivity contribution in [1.82, 2.24) is 14.9 Å². The molecule has 0 unspecified atom stereocenters. The van der Waals surface area contributed by atoms with Gasteiger partial charge in [-0.05, 0) is 48.0 Å². The number of rotatable bonds is 6. The van der Waals surface area contributed by atoms with Crippen molar-refractivity contribution in [2.24, 2.45) is 0 Å². The second-order valence-corrected chi connectivity index (χ2v) is 7.44. The SMILES string of the molecule is O=C(NCc1ccc(Oc2ccccc2)cc1)c1cccn1-c1ncc(C(F)(F)F)cc1Cl. The van der Waals surface area contributed by atoms with Crippen LogP contribution in [0.1, 0.15) is 21.6 Å². The Kier molecular flexibility index (Phi) is 6.37. The summed E-state index contributed by atoms with van der Waals surface area (Å²) in [6.07, 6.45) is -2.37. The van der Waals surface area contributed by atoms with Gasteiger partial charge in [-0.3, -0.25) is 9.36 Å². The molecule has 1 N–H and O–H groups in total. The van der Waals surface area contributed by atoms with Crippen LogP contribution in [0.15, 0.2) is 85.2 Å². The van der Waals surface area contributed by atoms with Crippen LogP contribution in [0.25, 0.3) is 5.82 Å². The molecule has 0 aliphatic carbocycles. The van der Waals surface area contributed by atoms with Gasteiger partial charge >= 0.3 is 6.18 Å². The van der Waals surface area contributed by atoms with Crippen LogP contribution in [0.2, 0.25) is 5.02 Å². The highest BCUT2D eigenvalue weighted by Crippen LogP contribution is 2.32.